The Morgan fingerprint density at radius 3 is 2.48 bits per heavy atom. The Morgan fingerprint density at radius 1 is 0.840 bits per heavy atom. The maximum atomic E-state index is 12.6. The summed E-state index contributed by atoms with van der Waals surface area (Å²) in [6, 6.07) is 18.5. The molecule has 0 aliphatic rings. The largest absolute Gasteiger partial charge is 0.497 e. The van der Waals surface area contributed by atoms with Crippen LogP contribution in [0.5, 0.6) is 11.5 Å². The molecule has 25 heavy (non-hydrogen) atoms. The normalized spacial score (nSPS) is 11.0. The van der Waals surface area contributed by atoms with Gasteiger partial charge >= 0.3 is 0 Å². The predicted molar refractivity (Wildman–Crippen MR) is 98.5 cm³/mol. The second kappa shape index (κ2) is 5.98. The zero-order valence-electron chi connectivity index (χ0n) is 13.9. The summed E-state index contributed by atoms with van der Waals surface area (Å²) >= 11 is 0. The minimum absolute atomic E-state index is 0.0834. The number of fused-ring (bicyclic) bond motifs is 3. The van der Waals surface area contributed by atoms with Crippen molar-refractivity contribution < 1.29 is 13.9 Å². The summed E-state index contributed by atoms with van der Waals surface area (Å²) in [5, 5.41) is 2.50. The summed E-state index contributed by atoms with van der Waals surface area (Å²) in [5.74, 6) is 1.73. The lowest BCUT2D eigenvalue weighted by molar-refractivity contribution is 0.394. The van der Waals surface area contributed by atoms with Crippen molar-refractivity contribution in [3.63, 3.8) is 0 Å². The van der Waals surface area contributed by atoms with Crippen LogP contribution in [0.25, 0.3) is 33.1 Å². The van der Waals surface area contributed by atoms with Gasteiger partial charge in [-0.05, 0) is 23.6 Å². The molecule has 3 aromatic carbocycles. The number of hydrogen-bond donors (Lipinski definition) is 0. The van der Waals surface area contributed by atoms with Gasteiger partial charge in [0.2, 0.25) is 0 Å². The van der Waals surface area contributed by atoms with Gasteiger partial charge in [0, 0.05) is 17.5 Å². The smallest absolute Gasteiger partial charge is 0.193 e. The Kier molecular flexibility index (Phi) is 3.65. The van der Waals surface area contributed by atoms with Gasteiger partial charge in [0.1, 0.15) is 22.8 Å². The first-order valence-electron chi connectivity index (χ1n) is 7.89. The molecule has 0 saturated heterocycles. The van der Waals surface area contributed by atoms with E-state index < -0.39 is 0 Å². The van der Waals surface area contributed by atoms with Gasteiger partial charge in [0.25, 0.3) is 0 Å². The second-order valence-corrected chi connectivity index (χ2v) is 5.70. The van der Waals surface area contributed by atoms with Gasteiger partial charge in [-0.25, -0.2) is 0 Å². The molecule has 1 heterocycles. The molecule has 0 aliphatic heterocycles. The Labute approximate surface area is 144 Å². The standard InChI is InChI=1S/C21H16O4/c1-23-14-8-10-17(19(11-14)24-2)20-12-18(22)16-9-7-13-5-3-4-6-15(13)21(16)25-20/h3-12H,1-2H3. The Morgan fingerprint density at radius 2 is 1.68 bits per heavy atom. The predicted octanol–water partition coefficient (Wildman–Crippen LogP) is 4.63. The minimum atomic E-state index is -0.0834. The molecule has 0 amide bonds. The van der Waals surface area contributed by atoms with Crippen LogP contribution in [-0.2, 0) is 0 Å². The van der Waals surface area contributed by atoms with E-state index in [1.165, 1.54) is 6.07 Å². The highest BCUT2D eigenvalue weighted by atomic mass is 16.5. The van der Waals surface area contributed by atoms with Crippen molar-refractivity contribution >= 4 is 21.7 Å². The molecule has 4 nitrogen and oxygen atoms in total. The van der Waals surface area contributed by atoms with Gasteiger partial charge in [-0.15, -0.1) is 0 Å². The number of rotatable bonds is 3. The summed E-state index contributed by atoms with van der Waals surface area (Å²) in [7, 11) is 3.17. The molecule has 0 fully saturated rings. The molecule has 0 atom stereocenters. The second-order valence-electron chi connectivity index (χ2n) is 5.70. The molecule has 4 heteroatoms. The van der Waals surface area contributed by atoms with Gasteiger partial charge in [0.15, 0.2) is 5.43 Å². The average molecular weight is 332 g/mol. The van der Waals surface area contributed by atoms with Gasteiger partial charge in [-0.2, -0.15) is 0 Å². The van der Waals surface area contributed by atoms with E-state index in [2.05, 4.69) is 0 Å². The number of ether oxygens (including phenoxy) is 2. The van der Waals surface area contributed by atoms with E-state index in [-0.39, 0.29) is 5.43 Å². The third-order valence-corrected chi connectivity index (χ3v) is 4.29. The maximum absolute atomic E-state index is 12.6. The fraction of sp³-hybridized carbons (Fsp3) is 0.0952. The highest BCUT2D eigenvalue weighted by molar-refractivity contribution is 6.04. The van der Waals surface area contributed by atoms with Crippen LogP contribution in [0.1, 0.15) is 0 Å². The molecule has 0 spiro atoms. The first-order chi connectivity index (χ1) is 12.2. The summed E-state index contributed by atoms with van der Waals surface area (Å²) in [5.41, 5.74) is 1.20. The van der Waals surface area contributed by atoms with Crippen molar-refractivity contribution in [2.75, 3.05) is 14.2 Å². The van der Waals surface area contributed by atoms with Gasteiger partial charge < -0.3 is 13.9 Å². The zero-order valence-corrected chi connectivity index (χ0v) is 13.9. The first kappa shape index (κ1) is 15.3. The highest BCUT2D eigenvalue weighted by Gasteiger charge is 2.14. The molecular formula is C21H16O4. The lowest BCUT2D eigenvalue weighted by Gasteiger charge is -2.11. The summed E-state index contributed by atoms with van der Waals surface area (Å²) in [6.07, 6.45) is 0. The van der Waals surface area contributed by atoms with E-state index in [1.54, 1.807) is 26.4 Å². The average Bonchev–Trinajstić information content (AvgIpc) is 2.67. The molecular weight excluding hydrogens is 316 g/mol. The highest BCUT2D eigenvalue weighted by Crippen LogP contribution is 2.35. The summed E-state index contributed by atoms with van der Waals surface area (Å²) < 4.78 is 16.8. The molecule has 4 rings (SSSR count). The lowest BCUT2D eigenvalue weighted by Crippen LogP contribution is -2.01. The SMILES string of the molecule is COc1ccc(-c2cc(=O)c3ccc4ccccc4c3o2)c(OC)c1. The molecule has 0 radical (unpaired) electrons. The van der Waals surface area contributed by atoms with Crippen LogP contribution in [0.2, 0.25) is 0 Å². The first-order valence-corrected chi connectivity index (χ1v) is 7.89. The molecule has 124 valence electrons. The van der Waals surface area contributed by atoms with Gasteiger partial charge in [-0.3, -0.25) is 4.79 Å². The molecule has 0 N–H and O–H groups in total. The molecule has 0 bridgehead atoms. The number of hydrogen-bond acceptors (Lipinski definition) is 4. The van der Waals surface area contributed by atoms with Crippen LogP contribution in [0.15, 0.2) is 69.9 Å². The molecule has 0 aliphatic carbocycles. The van der Waals surface area contributed by atoms with E-state index in [9.17, 15) is 4.79 Å². The minimum Gasteiger partial charge on any atom is -0.497 e. The molecule has 1 aromatic heterocycles. The van der Waals surface area contributed by atoms with Crippen molar-refractivity contribution in [2.24, 2.45) is 0 Å². The molecule has 4 aromatic rings. The Hall–Kier alpha value is -3.27. The summed E-state index contributed by atoms with van der Waals surface area (Å²) in [6.45, 7) is 0. The topological polar surface area (TPSA) is 48.7 Å². The van der Waals surface area contributed by atoms with E-state index in [4.69, 9.17) is 13.9 Å². The van der Waals surface area contributed by atoms with Crippen LogP contribution >= 0.6 is 0 Å². The van der Waals surface area contributed by atoms with Crippen molar-refractivity contribution in [1.29, 1.82) is 0 Å². The quantitative estimate of drug-likeness (QED) is 0.513. The van der Waals surface area contributed by atoms with Crippen molar-refractivity contribution in [3.8, 4) is 22.8 Å². The third-order valence-electron chi connectivity index (χ3n) is 4.29. The maximum Gasteiger partial charge on any atom is 0.193 e. The fourth-order valence-corrected chi connectivity index (χ4v) is 3.02. The third kappa shape index (κ3) is 2.52. The van der Waals surface area contributed by atoms with Gasteiger partial charge in [0.05, 0.1) is 25.2 Å². The Bertz CT molecular complexity index is 1140. The van der Waals surface area contributed by atoms with Crippen LogP contribution in [0.4, 0.5) is 0 Å². The van der Waals surface area contributed by atoms with Crippen molar-refractivity contribution in [3.05, 3.63) is 70.9 Å². The molecule has 0 unspecified atom stereocenters. The van der Waals surface area contributed by atoms with E-state index in [1.807, 2.05) is 42.5 Å². The van der Waals surface area contributed by atoms with E-state index in [0.717, 1.165) is 10.8 Å². The van der Waals surface area contributed by atoms with Crippen LogP contribution in [-0.4, -0.2) is 14.2 Å². The Balaban J connectivity index is 2.03. The van der Waals surface area contributed by atoms with E-state index in [0.29, 0.717) is 33.8 Å². The van der Waals surface area contributed by atoms with Crippen molar-refractivity contribution in [2.45, 2.75) is 0 Å². The number of methoxy groups -OCH3 is 2. The summed E-state index contributed by atoms with van der Waals surface area (Å²) in [4.78, 5) is 12.6. The fourth-order valence-electron chi connectivity index (χ4n) is 3.02. The number of benzene rings is 3. The zero-order chi connectivity index (χ0) is 17.4. The van der Waals surface area contributed by atoms with E-state index >= 15 is 0 Å². The van der Waals surface area contributed by atoms with Crippen LogP contribution < -0.4 is 14.9 Å². The molecule has 0 saturated carbocycles. The van der Waals surface area contributed by atoms with Crippen LogP contribution in [0, 0.1) is 0 Å². The van der Waals surface area contributed by atoms with Crippen molar-refractivity contribution in [1.82, 2.24) is 0 Å². The monoisotopic (exact) mass is 332 g/mol. The van der Waals surface area contributed by atoms with Crippen LogP contribution in [0.3, 0.4) is 0 Å². The lowest BCUT2D eigenvalue weighted by atomic mass is 10.1. The van der Waals surface area contributed by atoms with Gasteiger partial charge in [-0.1, -0.05) is 30.3 Å².